The molecule has 160 valence electrons. The van der Waals surface area contributed by atoms with Crippen LogP contribution in [0.25, 0.3) is 5.69 Å². The lowest BCUT2D eigenvalue weighted by molar-refractivity contribution is -0.114. The van der Waals surface area contributed by atoms with E-state index in [0.717, 1.165) is 31.1 Å². The number of likely N-dealkylation sites (tertiary alicyclic amines) is 1. The van der Waals surface area contributed by atoms with Crippen molar-refractivity contribution in [3.8, 4) is 5.69 Å². The van der Waals surface area contributed by atoms with Gasteiger partial charge >= 0.3 is 0 Å². The highest BCUT2D eigenvalue weighted by Crippen LogP contribution is 2.24. The molecule has 31 heavy (non-hydrogen) atoms. The first kappa shape index (κ1) is 21.3. The molecule has 0 radical (unpaired) electrons. The number of anilines is 1. The zero-order valence-corrected chi connectivity index (χ0v) is 18.3. The second-order valence-corrected chi connectivity index (χ2v) is 8.47. The number of hydrogen-bond donors (Lipinski definition) is 1. The Morgan fingerprint density at radius 1 is 1.00 bits per heavy atom. The molecular weight excluding hydrogens is 410 g/mol. The number of thioether (sulfide) groups is 1. The predicted molar refractivity (Wildman–Crippen MR) is 122 cm³/mol. The van der Waals surface area contributed by atoms with Gasteiger partial charge in [-0.25, -0.2) is 0 Å². The molecule has 0 saturated carbocycles. The Hall–Kier alpha value is -2.97. The van der Waals surface area contributed by atoms with Gasteiger partial charge in [0.25, 0.3) is 0 Å². The van der Waals surface area contributed by atoms with Crippen LogP contribution < -0.4 is 5.32 Å². The van der Waals surface area contributed by atoms with Gasteiger partial charge in [0, 0.05) is 23.9 Å². The van der Waals surface area contributed by atoms with Gasteiger partial charge in [0.1, 0.15) is 0 Å². The van der Waals surface area contributed by atoms with Crippen molar-refractivity contribution in [3.63, 3.8) is 0 Å². The van der Waals surface area contributed by atoms with E-state index in [1.807, 2.05) is 30.3 Å². The number of rotatable bonds is 8. The quantitative estimate of drug-likeness (QED) is 0.428. The Kier molecular flexibility index (Phi) is 6.79. The van der Waals surface area contributed by atoms with Gasteiger partial charge in [-0.2, -0.15) is 0 Å². The largest absolute Gasteiger partial charge is 0.326 e. The first-order chi connectivity index (χ1) is 15.1. The fraction of sp³-hybridized carbons (Fsp3) is 0.304. The second-order valence-electron chi connectivity index (χ2n) is 7.52. The Labute approximate surface area is 185 Å². The average Bonchev–Trinajstić information content (AvgIpc) is 3.43. The maximum Gasteiger partial charge on any atom is 0.221 e. The molecule has 1 saturated heterocycles. The van der Waals surface area contributed by atoms with Gasteiger partial charge < -0.3 is 5.32 Å². The highest BCUT2D eigenvalue weighted by atomic mass is 32.2. The van der Waals surface area contributed by atoms with Crippen LogP contribution in [0.15, 0.2) is 59.8 Å². The van der Waals surface area contributed by atoms with Crippen molar-refractivity contribution in [1.82, 2.24) is 19.7 Å². The van der Waals surface area contributed by atoms with Crippen LogP contribution in [0.2, 0.25) is 0 Å². The first-order valence-corrected chi connectivity index (χ1v) is 11.3. The number of carbonyl (C=O) groups excluding carboxylic acids is 2. The van der Waals surface area contributed by atoms with E-state index in [-0.39, 0.29) is 17.4 Å². The molecule has 0 atom stereocenters. The van der Waals surface area contributed by atoms with Gasteiger partial charge in [-0.3, -0.25) is 19.1 Å². The minimum Gasteiger partial charge on any atom is -0.326 e. The van der Waals surface area contributed by atoms with Crippen LogP contribution in [0.1, 0.15) is 35.9 Å². The average molecular weight is 436 g/mol. The molecule has 1 aromatic heterocycles. The summed E-state index contributed by atoms with van der Waals surface area (Å²) < 4.78 is 2.05. The third kappa shape index (κ3) is 5.39. The number of nitrogens with zero attached hydrogens (tertiary/aromatic N) is 4. The molecule has 1 amide bonds. The molecule has 0 bridgehead atoms. The predicted octanol–water partition coefficient (Wildman–Crippen LogP) is 3.80. The molecule has 1 fully saturated rings. The molecule has 0 unspecified atom stereocenters. The molecule has 1 N–H and O–H groups in total. The Morgan fingerprint density at radius 2 is 1.71 bits per heavy atom. The van der Waals surface area contributed by atoms with E-state index < -0.39 is 0 Å². The third-order valence-corrected chi connectivity index (χ3v) is 6.07. The SMILES string of the molecule is CC(=O)Nc1ccc(C(=O)CSc2nnc(CN3CCCC3)n2-c2ccccc2)cc1. The number of para-hydroxylation sites is 1. The van der Waals surface area contributed by atoms with Gasteiger partial charge in [0.15, 0.2) is 16.8 Å². The number of Topliss-reactive ketones (excluding diaryl/α,β-unsaturated/α-hetero) is 1. The van der Waals surface area contributed by atoms with Crippen LogP contribution in [0.4, 0.5) is 5.69 Å². The highest BCUT2D eigenvalue weighted by Gasteiger charge is 2.20. The normalized spacial score (nSPS) is 14.0. The topological polar surface area (TPSA) is 80.1 Å². The zero-order valence-electron chi connectivity index (χ0n) is 17.5. The van der Waals surface area contributed by atoms with Gasteiger partial charge in [0.05, 0.1) is 12.3 Å². The Bertz CT molecular complexity index is 1040. The van der Waals surface area contributed by atoms with Crippen LogP contribution in [-0.4, -0.2) is 50.2 Å². The van der Waals surface area contributed by atoms with Gasteiger partial charge in [0.2, 0.25) is 5.91 Å². The second kappa shape index (κ2) is 9.89. The fourth-order valence-electron chi connectivity index (χ4n) is 3.63. The lowest BCUT2D eigenvalue weighted by Crippen LogP contribution is -2.21. The first-order valence-electron chi connectivity index (χ1n) is 10.4. The summed E-state index contributed by atoms with van der Waals surface area (Å²) in [5.74, 6) is 1.01. The Morgan fingerprint density at radius 3 is 2.39 bits per heavy atom. The van der Waals surface area contributed by atoms with Crippen LogP contribution in [0.3, 0.4) is 0 Å². The van der Waals surface area contributed by atoms with E-state index in [2.05, 4.69) is 25.0 Å². The number of amides is 1. The zero-order chi connectivity index (χ0) is 21.6. The number of ketones is 1. The number of benzene rings is 2. The van der Waals surface area contributed by atoms with E-state index >= 15 is 0 Å². The monoisotopic (exact) mass is 435 g/mol. The summed E-state index contributed by atoms with van der Waals surface area (Å²) in [6.07, 6.45) is 2.44. The van der Waals surface area contributed by atoms with Crippen molar-refractivity contribution in [2.75, 3.05) is 24.2 Å². The van der Waals surface area contributed by atoms with Crippen molar-refractivity contribution in [3.05, 3.63) is 66.0 Å². The summed E-state index contributed by atoms with van der Waals surface area (Å²) in [7, 11) is 0. The van der Waals surface area contributed by atoms with E-state index in [1.165, 1.54) is 31.5 Å². The van der Waals surface area contributed by atoms with Crippen LogP contribution in [0, 0.1) is 0 Å². The van der Waals surface area contributed by atoms with Crippen molar-refractivity contribution in [2.45, 2.75) is 31.5 Å². The number of aromatic nitrogens is 3. The van der Waals surface area contributed by atoms with Crippen LogP contribution in [-0.2, 0) is 11.3 Å². The minimum absolute atomic E-state index is 0.00285. The van der Waals surface area contributed by atoms with Crippen LogP contribution >= 0.6 is 11.8 Å². The maximum atomic E-state index is 12.7. The molecule has 8 heteroatoms. The number of nitrogens with one attached hydrogen (secondary N) is 1. The maximum absolute atomic E-state index is 12.7. The van der Waals surface area contributed by atoms with Crippen molar-refractivity contribution < 1.29 is 9.59 Å². The summed E-state index contributed by atoms with van der Waals surface area (Å²) in [5.41, 5.74) is 2.27. The van der Waals surface area contributed by atoms with E-state index in [4.69, 9.17) is 0 Å². The standard InChI is InChI=1S/C23H25N5O2S/c1-17(29)24-19-11-9-18(10-12-19)21(30)16-31-23-26-25-22(15-27-13-5-6-14-27)28(23)20-7-3-2-4-8-20/h2-4,7-12H,5-6,13-16H2,1H3,(H,24,29). The van der Waals surface area contributed by atoms with Gasteiger partial charge in [-0.15, -0.1) is 10.2 Å². The lowest BCUT2D eigenvalue weighted by atomic mass is 10.1. The summed E-state index contributed by atoms with van der Waals surface area (Å²) in [5, 5.41) is 12.3. The molecule has 1 aliphatic rings. The minimum atomic E-state index is -0.139. The molecule has 0 spiro atoms. The van der Waals surface area contributed by atoms with Crippen molar-refractivity contribution in [1.29, 1.82) is 0 Å². The molecule has 1 aliphatic heterocycles. The van der Waals surface area contributed by atoms with E-state index in [1.54, 1.807) is 24.3 Å². The molecular formula is C23H25N5O2S. The number of hydrogen-bond acceptors (Lipinski definition) is 6. The number of carbonyl (C=O) groups is 2. The highest BCUT2D eigenvalue weighted by molar-refractivity contribution is 7.99. The summed E-state index contributed by atoms with van der Waals surface area (Å²) >= 11 is 1.39. The van der Waals surface area contributed by atoms with Crippen molar-refractivity contribution in [2.24, 2.45) is 0 Å². The lowest BCUT2D eigenvalue weighted by Gasteiger charge is -2.15. The molecule has 3 aromatic rings. The molecule has 0 aliphatic carbocycles. The third-order valence-electron chi connectivity index (χ3n) is 5.14. The summed E-state index contributed by atoms with van der Waals surface area (Å²) in [6.45, 7) is 4.37. The summed E-state index contributed by atoms with van der Waals surface area (Å²) in [4.78, 5) is 26.3. The van der Waals surface area contributed by atoms with Gasteiger partial charge in [-0.1, -0.05) is 30.0 Å². The molecule has 7 nitrogen and oxygen atoms in total. The molecule has 2 heterocycles. The summed E-state index contributed by atoms with van der Waals surface area (Å²) in [6, 6.07) is 17.0. The Balaban J connectivity index is 1.49. The fourth-order valence-corrected chi connectivity index (χ4v) is 4.49. The van der Waals surface area contributed by atoms with Gasteiger partial charge in [-0.05, 0) is 62.3 Å². The molecule has 4 rings (SSSR count). The van der Waals surface area contributed by atoms with E-state index in [0.29, 0.717) is 16.4 Å². The van der Waals surface area contributed by atoms with Crippen molar-refractivity contribution >= 4 is 29.1 Å². The van der Waals surface area contributed by atoms with Crippen LogP contribution in [0.5, 0.6) is 0 Å². The van der Waals surface area contributed by atoms with E-state index in [9.17, 15) is 9.59 Å². The molecule has 2 aromatic carbocycles. The smallest absolute Gasteiger partial charge is 0.221 e.